The van der Waals surface area contributed by atoms with Gasteiger partial charge in [-0.05, 0) is 12.1 Å². The van der Waals surface area contributed by atoms with Crippen molar-refractivity contribution in [2.45, 2.75) is 12.6 Å². The van der Waals surface area contributed by atoms with Crippen LogP contribution in [-0.2, 0) is 12.6 Å². The predicted molar refractivity (Wildman–Crippen MR) is 59.2 cm³/mol. The zero-order valence-corrected chi connectivity index (χ0v) is 9.90. The fourth-order valence-electron chi connectivity index (χ4n) is 1.30. The zero-order chi connectivity index (χ0) is 12.5. The van der Waals surface area contributed by atoms with Crippen LogP contribution in [0.5, 0.6) is 0 Å². The van der Waals surface area contributed by atoms with Crippen LogP contribution in [0.3, 0.4) is 0 Å². The van der Waals surface area contributed by atoms with Crippen molar-refractivity contribution in [1.82, 2.24) is 9.97 Å². The highest BCUT2D eigenvalue weighted by Gasteiger charge is 2.31. The zero-order valence-electron chi connectivity index (χ0n) is 8.33. The van der Waals surface area contributed by atoms with Crippen LogP contribution in [0.15, 0.2) is 23.7 Å². The fourth-order valence-corrected chi connectivity index (χ4v) is 2.16. The Morgan fingerprint density at radius 3 is 2.65 bits per heavy atom. The summed E-state index contributed by atoms with van der Waals surface area (Å²) < 4.78 is 37.6. The van der Waals surface area contributed by atoms with Crippen molar-refractivity contribution >= 4 is 22.9 Å². The molecule has 2 aromatic rings. The molecule has 0 radical (unpaired) electrons. The van der Waals surface area contributed by atoms with E-state index in [2.05, 4.69) is 9.97 Å². The highest BCUT2D eigenvalue weighted by atomic mass is 35.5. The average molecular weight is 279 g/mol. The number of alkyl halides is 3. The van der Waals surface area contributed by atoms with E-state index in [-0.39, 0.29) is 17.3 Å². The number of halogens is 4. The van der Waals surface area contributed by atoms with E-state index < -0.39 is 11.7 Å². The SMILES string of the molecule is FC(F)(F)c1cc(Cl)nc(Cc2nccs2)c1. The van der Waals surface area contributed by atoms with E-state index in [9.17, 15) is 13.2 Å². The first-order valence-corrected chi connectivity index (χ1v) is 5.83. The van der Waals surface area contributed by atoms with E-state index in [1.807, 2.05) is 0 Å². The summed E-state index contributed by atoms with van der Waals surface area (Å²) >= 11 is 6.93. The number of hydrogen-bond donors (Lipinski definition) is 0. The van der Waals surface area contributed by atoms with Gasteiger partial charge in [-0.2, -0.15) is 13.2 Å². The minimum atomic E-state index is -4.41. The van der Waals surface area contributed by atoms with E-state index in [0.717, 1.165) is 12.1 Å². The van der Waals surface area contributed by atoms with Gasteiger partial charge in [0.05, 0.1) is 10.6 Å². The van der Waals surface area contributed by atoms with Gasteiger partial charge in [-0.15, -0.1) is 11.3 Å². The lowest BCUT2D eigenvalue weighted by molar-refractivity contribution is -0.137. The fraction of sp³-hybridized carbons (Fsp3) is 0.200. The lowest BCUT2D eigenvalue weighted by Gasteiger charge is -2.08. The first-order valence-electron chi connectivity index (χ1n) is 4.57. The largest absolute Gasteiger partial charge is 0.416 e. The first-order chi connectivity index (χ1) is 7.95. The maximum absolute atomic E-state index is 12.5. The van der Waals surface area contributed by atoms with Crippen LogP contribution >= 0.6 is 22.9 Å². The van der Waals surface area contributed by atoms with Crippen molar-refractivity contribution in [1.29, 1.82) is 0 Å². The van der Waals surface area contributed by atoms with Crippen LogP contribution in [0, 0.1) is 0 Å². The quantitative estimate of drug-likeness (QED) is 0.781. The smallest absolute Gasteiger partial charge is 0.249 e. The molecular formula is C10H6ClF3N2S. The Hall–Kier alpha value is -1.14. The van der Waals surface area contributed by atoms with Gasteiger partial charge in [-0.25, -0.2) is 9.97 Å². The predicted octanol–water partition coefficient (Wildman–Crippen LogP) is 3.80. The van der Waals surface area contributed by atoms with Gasteiger partial charge >= 0.3 is 6.18 Å². The number of thiazole rings is 1. The Bertz CT molecular complexity index is 511. The highest BCUT2D eigenvalue weighted by molar-refractivity contribution is 7.09. The Labute approximate surface area is 104 Å². The maximum Gasteiger partial charge on any atom is 0.416 e. The molecule has 90 valence electrons. The molecule has 0 aliphatic carbocycles. The van der Waals surface area contributed by atoms with Gasteiger partial charge in [0.15, 0.2) is 0 Å². The summed E-state index contributed by atoms with van der Waals surface area (Å²) in [5, 5.41) is 2.30. The van der Waals surface area contributed by atoms with E-state index in [4.69, 9.17) is 11.6 Å². The third kappa shape index (κ3) is 3.17. The first kappa shape index (κ1) is 12.3. The van der Waals surface area contributed by atoms with E-state index in [0.29, 0.717) is 5.01 Å². The van der Waals surface area contributed by atoms with Crippen molar-refractivity contribution in [2.24, 2.45) is 0 Å². The van der Waals surface area contributed by atoms with Crippen molar-refractivity contribution in [3.63, 3.8) is 0 Å². The Kier molecular flexibility index (Phi) is 3.35. The molecule has 2 heterocycles. The monoisotopic (exact) mass is 278 g/mol. The Morgan fingerprint density at radius 2 is 2.06 bits per heavy atom. The van der Waals surface area contributed by atoms with Gasteiger partial charge in [0.2, 0.25) is 0 Å². The Balaban J connectivity index is 2.32. The molecule has 0 fully saturated rings. The van der Waals surface area contributed by atoms with Crippen molar-refractivity contribution in [3.05, 3.63) is 45.1 Å². The number of rotatable bonds is 2. The summed E-state index contributed by atoms with van der Waals surface area (Å²) in [4.78, 5) is 7.84. The third-order valence-corrected chi connectivity index (χ3v) is 2.96. The summed E-state index contributed by atoms with van der Waals surface area (Å²) in [5.74, 6) is 0. The van der Waals surface area contributed by atoms with Crippen molar-refractivity contribution < 1.29 is 13.2 Å². The second-order valence-corrected chi connectivity index (χ2v) is 4.64. The number of hydrogen-bond acceptors (Lipinski definition) is 3. The molecule has 0 unspecified atom stereocenters. The van der Waals surface area contributed by atoms with E-state index in [1.165, 1.54) is 11.3 Å². The Morgan fingerprint density at radius 1 is 1.29 bits per heavy atom. The molecule has 0 saturated heterocycles. The highest BCUT2D eigenvalue weighted by Crippen LogP contribution is 2.31. The van der Waals surface area contributed by atoms with Gasteiger partial charge in [-0.3, -0.25) is 0 Å². The van der Waals surface area contributed by atoms with Crippen molar-refractivity contribution in [3.8, 4) is 0 Å². The van der Waals surface area contributed by atoms with Crippen LogP contribution in [-0.4, -0.2) is 9.97 Å². The molecule has 0 atom stereocenters. The van der Waals surface area contributed by atoms with Crippen LogP contribution in [0.25, 0.3) is 0 Å². The molecule has 2 nitrogen and oxygen atoms in total. The molecule has 2 aromatic heterocycles. The average Bonchev–Trinajstić information content (AvgIpc) is 2.68. The molecule has 17 heavy (non-hydrogen) atoms. The molecule has 0 N–H and O–H groups in total. The van der Waals surface area contributed by atoms with Crippen molar-refractivity contribution in [2.75, 3.05) is 0 Å². The van der Waals surface area contributed by atoms with Gasteiger partial charge in [0, 0.05) is 23.7 Å². The minimum absolute atomic E-state index is 0.161. The molecule has 0 aliphatic heterocycles. The van der Waals surface area contributed by atoms with Gasteiger partial charge in [0.25, 0.3) is 0 Å². The molecule has 0 aromatic carbocycles. The third-order valence-electron chi connectivity index (χ3n) is 1.99. The van der Waals surface area contributed by atoms with Crippen LogP contribution in [0.4, 0.5) is 13.2 Å². The van der Waals surface area contributed by atoms with E-state index >= 15 is 0 Å². The molecule has 2 rings (SSSR count). The number of nitrogens with zero attached hydrogens (tertiary/aromatic N) is 2. The topological polar surface area (TPSA) is 25.8 Å². The molecule has 0 bridgehead atoms. The van der Waals surface area contributed by atoms with Gasteiger partial charge < -0.3 is 0 Å². The van der Waals surface area contributed by atoms with Crippen LogP contribution < -0.4 is 0 Å². The molecular weight excluding hydrogens is 273 g/mol. The maximum atomic E-state index is 12.5. The summed E-state index contributed by atoms with van der Waals surface area (Å²) in [5.41, 5.74) is -0.524. The molecule has 0 spiro atoms. The standard InChI is InChI=1S/C10H6ClF3N2S/c11-8-4-6(10(12,13)14)3-7(16-8)5-9-15-1-2-17-9/h1-4H,5H2. The lowest BCUT2D eigenvalue weighted by atomic mass is 10.2. The van der Waals surface area contributed by atoms with Crippen LogP contribution in [0.2, 0.25) is 5.15 Å². The molecule has 0 amide bonds. The molecule has 0 aliphatic rings. The normalized spacial score (nSPS) is 11.8. The van der Waals surface area contributed by atoms with Crippen LogP contribution in [0.1, 0.15) is 16.3 Å². The summed E-state index contributed by atoms with van der Waals surface area (Å²) in [6.45, 7) is 0. The number of aromatic nitrogens is 2. The second kappa shape index (κ2) is 4.62. The number of pyridine rings is 1. The molecule has 7 heteroatoms. The minimum Gasteiger partial charge on any atom is -0.249 e. The summed E-state index contributed by atoms with van der Waals surface area (Å²) in [7, 11) is 0. The lowest BCUT2D eigenvalue weighted by Crippen LogP contribution is -2.07. The summed E-state index contributed by atoms with van der Waals surface area (Å²) in [6, 6.07) is 1.81. The summed E-state index contributed by atoms with van der Waals surface area (Å²) in [6.07, 6.45) is -2.57. The van der Waals surface area contributed by atoms with E-state index in [1.54, 1.807) is 11.6 Å². The van der Waals surface area contributed by atoms with Gasteiger partial charge in [0.1, 0.15) is 5.15 Å². The second-order valence-electron chi connectivity index (χ2n) is 3.27. The molecule has 0 saturated carbocycles. The van der Waals surface area contributed by atoms with Gasteiger partial charge in [-0.1, -0.05) is 11.6 Å².